The van der Waals surface area contributed by atoms with Gasteiger partial charge in [-0.15, -0.1) is 0 Å². The van der Waals surface area contributed by atoms with Crippen LogP contribution in [0.1, 0.15) is 30.6 Å². The van der Waals surface area contributed by atoms with Crippen LogP contribution in [0.4, 0.5) is 5.69 Å². The Morgan fingerprint density at radius 1 is 1.33 bits per heavy atom. The number of fused-ring (bicyclic) bond motifs is 1. The molecule has 21 heavy (non-hydrogen) atoms. The molecule has 2 aromatic rings. The third-order valence-corrected chi connectivity index (χ3v) is 3.68. The number of anilines is 1. The highest BCUT2D eigenvalue weighted by Crippen LogP contribution is 2.18. The summed E-state index contributed by atoms with van der Waals surface area (Å²) in [5.41, 5.74) is 2.36. The van der Waals surface area contributed by atoms with Crippen molar-refractivity contribution in [2.75, 3.05) is 5.32 Å². The Morgan fingerprint density at radius 3 is 2.86 bits per heavy atom. The van der Waals surface area contributed by atoms with Gasteiger partial charge in [0.25, 0.3) is 5.56 Å². The van der Waals surface area contributed by atoms with E-state index in [0.717, 1.165) is 30.5 Å². The highest BCUT2D eigenvalue weighted by molar-refractivity contribution is 5.93. The third kappa shape index (κ3) is 2.69. The Labute approximate surface area is 121 Å². The topological polar surface area (TPSA) is 76.9 Å². The standard InChI is InChI=1S/C15H16N4O2/c1-10(15(21)17-12-5-7-16-8-6-12)19-14(20)9-11-3-2-4-13(11)18-19/h5-10H,2-4H2,1H3,(H,16,17,21). The second kappa shape index (κ2) is 5.47. The number of amides is 1. The molecule has 1 aliphatic rings. The van der Waals surface area contributed by atoms with Crippen molar-refractivity contribution in [1.82, 2.24) is 14.8 Å². The fraction of sp³-hybridized carbons (Fsp3) is 0.333. The molecule has 0 bridgehead atoms. The van der Waals surface area contributed by atoms with Crippen molar-refractivity contribution < 1.29 is 4.79 Å². The summed E-state index contributed by atoms with van der Waals surface area (Å²) in [5.74, 6) is -0.270. The molecule has 1 amide bonds. The number of rotatable bonds is 3. The number of nitrogens with zero attached hydrogens (tertiary/aromatic N) is 3. The van der Waals surface area contributed by atoms with E-state index in [1.165, 1.54) is 4.68 Å². The van der Waals surface area contributed by atoms with Gasteiger partial charge in [-0.05, 0) is 43.9 Å². The van der Waals surface area contributed by atoms with Gasteiger partial charge in [0.2, 0.25) is 5.91 Å². The Balaban J connectivity index is 1.83. The third-order valence-electron chi connectivity index (χ3n) is 3.68. The number of pyridine rings is 1. The maximum atomic E-state index is 12.2. The van der Waals surface area contributed by atoms with E-state index < -0.39 is 6.04 Å². The van der Waals surface area contributed by atoms with Gasteiger partial charge in [0.15, 0.2) is 0 Å². The minimum absolute atomic E-state index is 0.229. The van der Waals surface area contributed by atoms with Crippen LogP contribution in [-0.2, 0) is 17.6 Å². The zero-order chi connectivity index (χ0) is 14.8. The van der Waals surface area contributed by atoms with E-state index in [-0.39, 0.29) is 11.5 Å². The fourth-order valence-electron chi connectivity index (χ4n) is 2.49. The van der Waals surface area contributed by atoms with Gasteiger partial charge in [0.05, 0.1) is 5.69 Å². The molecule has 0 aliphatic heterocycles. The summed E-state index contributed by atoms with van der Waals surface area (Å²) in [4.78, 5) is 28.2. The van der Waals surface area contributed by atoms with Gasteiger partial charge in [0.1, 0.15) is 6.04 Å². The van der Waals surface area contributed by atoms with Crippen molar-refractivity contribution in [2.24, 2.45) is 0 Å². The molecule has 1 atom stereocenters. The first-order valence-corrected chi connectivity index (χ1v) is 6.97. The number of aryl methyl sites for hydroxylation is 2. The van der Waals surface area contributed by atoms with E-state index in [1.54, 1.807) is 37.5 Å². The zero-order valence-electron chi connectivity index (χ0n) is 11.7. The van der Waals surface area contributed by atoms with Crippen LogP contribution in [0.3, 0.4) is 0 Å². The summed E-state index contributed by atoms with van der Waals surface area (Å²) in [5, 5.41) is 7.10. The molecule has 0 radical (unpaired) electrons. The maximum Gasteiger partial charge on any atom is 0.267 e. The molecule has 2 heterocycles. The van der Waals surface area contributed by atoms with Crippen molar-refractivity contribution in [3.05, 3.63) is 52.2 Å². The number of carbonyl (C=O) groups is 1. The van der Waals surface area contributed by atoms with Crippen LogP contribution in [0.15, 0.2) is 35.4 Å². The van der Waals surface area contributed by atoms with Crippen LogP contribution in [0.2, 0.25) is 0 Å². The summed E-state index contributed by atoms with van der Waals surface area (Å²) < 4.78 is 1.26. The molecule has 1 aliphatic carbocycles. The number of nitrogens with one attached hydrogen (secondary N) is 1. The lowest BCUT2D eigenvalue weighted by atomic mass is 10.2. The van der Waals surface area contributed by atoms with E-state index in [4.69, 9.17) is 0 Å². The van der Waals surface area contributed by atoms with E-state index in [0.29, 0.717) is 5.69 Å². The summed E-state index contributed by atoms with van der Waals surface area (Å²) in [6, 6.07) is 4.34. The molecular formula is C15H16N4O2. The van der Waals surface area contributed by atoms with Crippen LogP contribution in [0.5, 0.6) is 0 Å². The Morgan fingerprint density at radius 2 is 2.10 bits per heavy atom. The molecule has 1 unspecified atom stereocenters. The Bertz CT molecular complexity index is 724. The van der Waals surface area contributed by atoms with Gasteiger partial charge in [-0.1, -0.05) is 0 Å². The lowest BCUT2D eigenvalue weighted by Gasteiger charge is -2.15. The van der Waals surface area contributed by atoms with Gasteiger partial charge in [-0.25, -0.2) is 4.68 Å². The molecule has 3 rings (SSSR count). The van der Waals surface area contributed by atoms with Gasteiger partial charge in [-0.3, -0.25) is 14.6 Å². The van der Waals surface area contributed by atoms with Crippen molar-refractivity contribution >= 4 is 11.6 Å². The highest BCUT2D eigenvalue weighted by Gasteiger charge is 2.21. The molecule has 108 valence electrons. The number of hydrogen-bond acceptors (Lipinski definition) is 4. The first kappa shape index (κ1) is 13.5. The molecular weight excluding hydrogens is 268 g/mol. The Hall–Kier alpha value is -2.50. The monoisotopic (exact) mass is 284 g/mol. The zero-order valence-corrected chi connectivity index (χ0v) is 11.7. The maximum absolute atomic E-state index is 12.2. The number of carbonyl (C=O) groups excluding carboxylic acids is 1. The minimum Gasteiger partial charge on any atom is -0.324 e. The van der Waals surface area contributed by atoms with E-state index >= 15 is 0 Å². The molecule has 6 heteroatoms. The van der Waals surface area contributed by atoms with Gasteiger partial charge >= 0.3 is 0 Å². The van der Waals surface area contributed by atoms with Crippen LogP contribution in [0, 0.1) is 0 Å². The van der Waals surface area contributed by atoms with Gasteiger partial charge in [0, 0.05) is 24.1 Å². The molecule has 6 nitrogen and oxygen atoms in total. The van der Waals surface area contributed by atoms with Crippen molar-refractivity contribution in [3.8, 4) is 0 Å². The summed E-state index contributed by atoms with van der Waals surface area (Å²) >= 11 is 0. The van der Waals surface area contributed by atoms with Crippen LogP contribution in [-0.4, -0.2) is 20.7 Å². The van der Waals surface area contributed by atoms with Crippen molar-refractivity contribution in [2.45, 2.75) is 32.2 Å². The summed E-state index contributed by atoms with van der Waals surface area (Å²) in [7, 11) is 0. The highest BCUT2D eigenvalue weighted by atomic mass is 16.2. The molecule has 0 aromatic carbocycles. The molecule has 1 N–H and O–H groups in total. The molecule has 2 aromatic heterocycles. The second-order valence-corrected chi connectivity index (χ2v) is 5.15. The predicted molar refractivity (Wildman–Crippen MR) is 78.1 cm³/mol. The molecule has 0 saturated carbocycles. The lowest BCUT2D eigenvalue weighted by molar-refractivity contribution is -0.119. The number of aromatic nitrogens is 3. The van der Waals surface area contributed by atoms with E-state index in [2.05, 4.69) is 15.4 Å². The van der Waals surface area contributed by atoms with Gasteiger partial charge < -0.3 is 5.32 Å². The largest absolute Gasteiger partial charge is 0.324 e. The summed E-state index contributed by atoms with van der Waals surface area (Å²) in [6.45, 7) is 1.67. The quantitative estimate of drug-likeness (QED) is 0.922. The molecule has 0 spiro atoms. The van der Waals surface area contributed by atoms with E-state index in [1.807, 2.05) is 0 Å². The van der Waals surface area contributed by atoms with Crippen molar-refractivity contribution in [3.63, 3.8) is 0 Å². The first-order valence-electron chi connectivity index (χ1n) is 6.97. The summed E-state index contributed by atoms with van der Waals surface area (Å²) in [6.07, 6.45) is 5.98. The van der Waals surface area contributed by atoms with E-state index in [9.17, 15) is 9.59 Å². The minimum atomic E-state index is -0.656. The average Bonchev–Trinajstić information content (AvgIpc) is 2.93. The normalized spacial score (nSPS) is 14.5. The Kier molecular flexibility index (Phi) is 3.51. The number of hydrogen-bond donors (Lipinski definition) is 1. The van der Waals surface area contributed by atoms with Gasteiger partial charge in [-0.2, -0.15) is 5.10 Å². The predicted octanol–water partition coefficient (Wildman–Crippen LogP) is 1.33. The van der Waals surface area contributed by atoms with Crippen LogP contribution < -0.4 is 10.9 Å². The first-order chi connectivity index (χ1) is 10.1. The second-order valence-electron chi connectivity index (χ2n) is 5.15. The average molecular weight is 284 g/mol. The molecule has 0 fully saturated rings. The lowest BCUT2D eigenvalue weighted by Crippen LogP contribution is -2.33. The molecule has 0 saturated heterocycles. The van der Waals surface area contributed by atoms with Crippen LogP contribution >= 0.6 is 0 Å². The fourth-order valence-corrected chi connectivity index (χ4v) is 2.49. The van der Waals surface area contributed by atoms with Crippen LogP contribution in [0.25, 0.3) is 0 Å². The van der Waals surface area contributed by atoms with Crippen molar-refractivity contribution in [1.29, 1.82) is 0 Å². The SMILES string of the molecule is CC(C(=O)Nc1ccncc1)n1nc2c(cc1=O)CCC2. The smallest absolute Gasteiger partial charge is 0.267 e.